The summed E-state index contributed by atoms with van der Waals surface area (Å²) in [7, 11) is 1.26. The predicted octanol–water partition coefficient (Wildman–Crippen LogP) is 1.86. The van der Waals surface area contributed by atoms with Gasteiger partial charge >= 0.3 is 11.9 Å². The molecule has 1 aromatic rings. The zero-order valence-corrected chi connectivity index (χ0v) is 9.58. The van der Waals surface area contributed by atoms with Gasteiger partial charge in [0.15, 0.2) is 0 Å². The highest BCUT2D eigenvalue weighted by Gasteiger charge is 2.16. The van der Waals surface area contributed by atoms with Gasteiger partial charge in [-0.2, -0.15) is 0 Å². The Balaban J connectivity index is 3.20. The van der Waals surface area contributed by atoms with Gasteiger partial charge in [0.2, 0.25) is 0 Å². The molecule has 0 saturated heterocycles. The fourth-order valence-corrected chi connectivity index (χ4v) is 1.78. The lowest BCUT2D eigenvalue weighted by molar-refractivity contribution is -0.136. The first-order valence-electron chi connectivity index (χ1n) is 4.13. The standard InChI is InChI=1S/C10H9BrO4/c1-15-10(14)9-6(5-8(12)13)3-2-4-7(9)11/h2-4H,5H2,1H3,(H,12,13). The molecule has 0 fully saturated rings. The minimum atomic E-state index is -0.988. The molecule has 15 heavy (non-hydrogen) atoms. The number of esters is 1. The average Bonchev–Trinajstić information content (AvgIpc) is 2.16. The van der Waals surface area contributed by atoms with E-state index in [0.717, 1.165) is 0 Å². The van der Waals surface area contributed by atoms with Gasteiger partial charge in [-0.1, -0.05) is 12.1 Å². The van der Waals surface area contributed by atoms with Crippen LogP contribution in [0.3, 0.4) is 0 Å². The molecule has 0 aliphatic heterocycles. The van der Waals surface area contributed by atoms with Gasteiger partial charge in [-0.25, -0.2) is 4.79 Å². The van der Waals surface area contributed by atoms with Gasteiger partial charge in [0.25, 0.3) is 0 Å². The Labute approximate surface area is 95.0 Å². The van der Waals surface area contributed by atoms with E-state index in [0.29, 0.717) is 10.0 Å². The van der Waals surface area contributed by atoms with Gasteiger partial charge < -0.3 is 9.84 Å². The summed E-state index contributed by atoms with van der Waals surface area (Å²) in [6, 6.07) is 4.93. The molecule has 0 spiro atoms. The molecule has 0 aromatic heterocycles. The molecule has 0 aliphatic carbocycles. The third kappa shape index (κ3) is 2.79. The van der Waals surface area contributed by atoms with E-state index < -0.39 is 11.9 Å². The van der Waals surface area contributed by atoms with Crippen LogP contribution in [-0.4, -0.2) is 24.2 Å². The smallest absolute Gasteiger partial charge is 0.339 e. The van der Waals surface area contributed by atoms with Crippen molar-refractivity contribution in [2.45, 2.75) is 6.42 Å². The molecular formula is C10H9BrO4. The molecule has 80 valence electrons. The Bertz CT molecular complexity index is 400. The number of carbonyl (C=O) groups is 2. The van der Waals surface area contributed by atoms with Crippen molar-refractivity contribution in [1.82, 2.24) is 0 Å². The minimum absolute atomic E-state index is 0.204. The van der Waals surface area contributed by atoms with Crippen LogP contribution in [0.15, 0.2) is 22.7 Å². The Kier molecular flexibility index (Phi) is 3.85. The lowest BCUT2D eigenvalue weighted by atomic mass is 10.0. The maximum atomic E-state index is 11.4. The van der Waals surface area contributed by atoms with Crippen molar-refractivity contribution in [1.29, 1.82) is 0 Å². The molecule has 0 radical (unpaired) electrons. The van der Waals surface area contributed by atoms with E-state index in [1.807, 2.05) is 0 Å². The molecule has 1 N–H and O–H groups in total. The number of carbonyl (C=O) groups excluding carboxylic acids is 1. The molecule has 4 nitrogen and oxygen atoms in total. The lowest BCUT2D eigenvalue weighted by Crippen LogP contribution is -2.10. The summed E-state index contributed by atoms with van der Waals surface area (Å²) in [6.07, 6.45) is -0.204. The lowest BCUT2D eigenvalue weighted by Gasteiger charge is -2.07. The van der Waals surface area contributed by atoms with Crippen molar-refractivity contribution in [3.8, 4) is 0 Å². The van der Waals surface area contributed by atoms with E-state index in [1.165, 1.54) is 7.11 Å². The highest BCUT2D eigenvalue weighted by molar-refractivity contribution is 9.10. The van der Waals surface area contributed by atoms with Gasteiger partial charge in [-0.05, 0) is 27.6 Å². The highest BCUT2D eigenvalue weighted by Crippen LogP contribution is 2.22. The average molecular weight is 273 g/mol. The minimum Gasteiger partial charge on any atom is -0.481 e. The number of hydrogen-bond acceptors (Lipinski definition) is 3. The van der Waals surface area contributed by atoms with Crippen molar-refractivity contribution in [2.75, 3.05) is 7.11 Å². The summed E-state index contributed by atoms with van der Waals surface area (Å²) < 4.78 is 5.11. The number of methoxy groups -OCH3 is 1. The number of carboxylic acid groups (broad SMARTS) is 1. The van der Waals surface area contributed by atoms with Gasteiger partial charge in [0.1, 0.15) is 0 Å². The summed E-state index contributed by atoms with van der Waals surface area (Å²) in [5.74, 6) is -1.53. The zero-order valence-electron chi connectivity index (χ0n) is 7.99. The van der Waals surface area contributed by atoms with Crippen molar-refractivity contribution < 1.29 is 19.4 Å². The number of carboxylic acids is 1. The largest absolute Gasteiger partial charge is 0.481 e. The zero-order chi connectivity index (χ0) is 11.4. The van der Waals surface area contributed by atoms with Crippen LogP contribution in [0.1, 0.15) is 15.9 Å². The van der Waals surface area contributed by atoms with Gasteiger partial charge in [-0.3, -0.25) is 4.79 Å². The number of halogens is 1. The van der Waals surface area contributed by atoms with Crippen LogP contribution >= 0.6 is 15.9 Å². The third-order valence-corrected chi connectivity index (χ3v) is 2.49. The Morgan fingerprint density at radius 1 is 1.47 bits per heavy atom. The molecule has 0 aliphatic rings. The van der Waals surface area contributed by atoms with Gasteiger partial charge in [0, 0.05) is 4.47 Å². The fourth-order valence-electron chi connectivity index (χ4n) is 1.21. The van der Waals surface area contributed by atoms with Crippen molar-refractivity contribution in [3.05, 3.63) is 33.8 Å². The maximum absolute atomic E-state index is 11.4. The number of aliphatic carboxylic acids is 1. The number of benzene rings is 1. The first-order valence-corrected chi connectivity index (χ1v) is 4.93. The number of ether oxygens (including phenoxy) is 1. The Morgan fingerprint density at radius 3 is 2.67 bits per heavy atom. The molecule has 0 unspecified atom stereocenters. The molecular weight excluding hydrogens is 264 g/mol. The van der Waals surface area contributed by atoms with Crippen LogP contribution < -0.4 is 0 Å². The molecule has 0 heterocycles. The predicted molar refractivity (Wildman–Crippen MR) is 56.8 cm³/mol. The maximum Gasteiger partial charge on any atom is 0.339 e. The van der Waals surface area contributed by atoms with Crippen LogP contribution in [-0.2, 0) is 16.0 Å². The molecule has 5 heteroatoms. The summed E-state index contributed by atoms with van der Waals surface area (Å²) in [6.45, 7) is 0. The second-order valence-electron chi connectivity index (χ2n) is 2.84. The summed E-state index contributed by atoms with van der Waals surface area (Å²) in [5.41, 5.74) is 0.700. The van der Waals surface area contributed by atoms with Crippen LogP contribution in [0, 0.1) is 0 Å². The van der Waals surface area contributed by atoms with Crippen molar-refractivity contribution >= 4 is 27.9 Å². The topological polar surface area (TPSA) is 63.6 Å². The molecule has 1 aromatic carbocycles. The van der Waals surface area contributed by atoms with E-state index in [9.17, 15) is 9.59 Å². The molecule has 0 amide bonds. The van der Waals surface area contributed by atoms with Crippen LogP contribution in [0.5, 0.6) is 0 Å². The Morgan fingerprint density at radius 2 is 2.13 bits per heavy atom. The number of rotatable bonds is 3. The SMILES string of the molecule is COC(=O)c1c(Br)cccc1CC(=O)O. The van der Waals surface area contributed by atoms with E-state index in [4.69, 9.17) is 5.11 Å². The second kappa shape index (κ2) is 4.93. The van der Waals surface area contributed by atoms with E-state index in [-0.39, 0.29) is 12.0 Å². The molecule has 0 saturated carbocycles. The Hall–Kier alpha value is -1.36. The number of hydrogen-bond donors (Lipinski definition) is 1. The quantitative estimate of drug-likeness (QED) is 0.854. The van der Waals surface area contributed by atoms with Crippen LogP contribution in [0.2, 0.25) is 0 Å². The van der Waals surface area contributed by atoms with E-state index in [1.54, 1.807) is 18.2 Å². The third-order valence-electron chi connectivity index (χ3n) is 1.83. The van der Waals surface area contributed by atoms with E-state index >= 15 is 0 Å². The summed E-state index contributed by atoms with van der Waals surface area (Å²) >= 11 is 3.18. The second-order valence-corrected chi connectivity index (χ2v) is 3.69. The van der Waals surface area contributed by atoms with Crippen molar-refractivity contribution in [2.24, 2.45) is 0 Å². The van der Waals surface area contributed by atoms with Crippen molar-refractivity contribution in [3.63, 3.8) is 0 Å². The van der Waals surface area contributed by atoms with E-state index in [2.05, 4.69) is 20.7 Å². The summed E-state index contributed by atoms with van der Waals surface area (Å²) in [5, 5.41) is 8.67. The molecule has 1 rings (SSSR count). The van der Waals surface area contributed by atoms with Crippen LogP contribution in [0.4, 0.5) is 0 Å². The van der Waals surface area contributed by atoms with Gasteiger partial charge in [-0.15, -0.1) is 0 Å². The van der Waals surface area contributed by atoms with Gasteiger partial charge in [0.05, 0.1) is 19.1 Å². The summed E-state index contributed by atoms with van der Waals surface area (Å²) in [4.78, 5) is 22.0. The first kappa shape index (κ1) is 11.7. The normalized spacial score (nSPS) is 9.73. The highest BCUT2D eigenvalue weighted by atomic mass is 79.9. The molecule has 0 bridgehead atoms. The molecule has 0 atom stereocenters. The monoisotopic (exact) mass is 272 g/mol. The fraction of sp³-hybridized carbons (Fsp3) is 0.200. The first-order chi connectivity index (χ1) is 7.06. The van der Waals surface area contributed by atoms with Crippen LogP contribution in [0.25, 0.3) is 0 Å².